The molecule has 0 N–H and O–H groups in total. The third-order valence-corrected chi connectivity index (χ3v) is 25.8. The maximum Gasteiger partial charge on any atom is 0.416 e. The summed E-state index contributed by atoms with van der Waals surface area (Å²) < 4.78 is 72.9. The second-order valence-corrected chi connectivity index (χ2v) is 33.9. The zero-order chi connectivity index (χ0) is 41.6. The van der Waals surface area contributed by atoms with E-state index >= 15 is 0 Å². The average Bonchev–Trinajstić information content (AvgIpc) is 3.31. The summed E-state index contributed by atoms with van der Waals surface area (Å²) in [5, 5.41) is -0.0742. The Labute approximate surface area is 329 Å². The largest absolute Gasteiger partial charge is 0.491 e. The summed E-state index contributed by atoms with van der Waals surface area (Å²) in [6.45, 7) is 33.7. The fourth-order valence-electron chi connectivity index (χ4n) is 5.75. The maximum absolute atomic E-state index is 13.5. The van der Waals surface area contributed by atoms with Crippen LogP contribution >= 0.6 is 0 Å². The molecule has 0 aliphatic heterocycles. The molecule has 1 saturated carbocycles. The minimum atomic E-state index is -4.47. The van der Waals surface area contributed by atoms with Gasteiger partial charge in [-0.25, -0.2) is 0 Å². The van der Waals surface area contributed by atoms with Crippen molar-refractivity contribution in [3.63, 3.8) is 0 Å². The molecule has 2 rings (SSSR count). The summed E-state index contributed by atoms with van der Waals surface area (Å²) in [6.07, 6.45) is 7.01. The molecule has 1 aromatic rings. The number of hydrogen-bond acceptors (Lipinski definition) is 6. The number of methoxy groups -OCH3 is 1. The van der Waals surface area contributed by atoms with Crippen molar-refractivity contribution in [3.05, 3.63) is 54.1 Å². The van der Waals surface area contributed by atoms with Gasteiger partial charge in [0.05, 0.1) is 31.0 Å². The molecule has 0 radical (unpaired) electrons. The normalized spacial score (nSPS) is 21.6. The molecular formula is C42H73F3O6Si3. The summed E-state index contributed by atoms with van der Waals surface area (Å²) in [7, 11) is -5.30. The van der Waals surface area contributed by atoms with Gasteiger partial charge in [0, 0.05) is 12.3 Å². The quantitative estimate of drug-likeness (QED) is 0.0675. The van der Waals surface area contributed by atoms with Gasteiger partial charge in [0.15, 0.2) is 25.0 Å². The second-order valence-electron chi connectivity index (χ2n) is 19.6. The lowest BCUT2D eigenvalue weighted by molar-refractivity contribution is -0.140. The van der Waals surface area contributed by atoms with E-state index in [0.29, 0.717) is 6.42 Å². The van der Waals surface area contributed by atoms with Crippen LogP contribution in [0.4, 0.5) is 13.2 Å². The topological polar surface area (TPSA) is 63.2 Å². The zero-order valence-electron chi connectivity index (χ0n) is 36.3. The van der Waals surface area contributed by atoms with E-state index in [9.17, 15) is 18.0 Å². The lowest BCUT2D eigenvalue weighted by Crippen LogP contribution is -2.45. The minimum absolute atomic E-state index is 0.00144. The van der Waals surface area contributed by atoms with Crippen LogP contribution in [0.15, 0.2) is 48.6 Å². The predicted molar refractivity (Wildman–Crippen MR) is 224 cm³/mol. The van der Waals surface area contributed by atoms with Crippen molar-refractivity contribution in [2.75, 3.05) is 13.7 Å². The van der Waals surface area contributed by atoms with Crippen molar-refractivity contribution in [3.8, 4) is 5.75 Å². The van der Waals surface area contributed by atoms with Gasteiger partial charge in [0.25, 0.3) is 0 Å². The summed E-state index contributed by atoms with van der Waals surface area (Å²) in [6, 6.07) is 5.02. The van der Waals surface area contributed by atoms with E-state index in [1.807, 2.05) is 0 Å². The first-order chi connectivity index (χ1) is 24.4. The number of alkyl halides is 3. The number of hydrogen-bond donors (Lipinski definition) is 0. The van der Waals surface area contributed by atoms with Crippen molar-refractivity contribution in [2.24, 2.45) is 11.8 Å². The molecule has 310 valence electrons. The van der Waals surface area contributed by atoms with Crippen LogP contribution in [0.3, 0.4) is 0 Å². The van der Waals surface area contributed by atoms with Crippen LogP contribution in [0.25, 0.3) is 0 Å². The molecule has 0 saturated heterocycles. The fraction of sp³-hybridized carbons (Fsp3) is 0.738. The van der Waals surface area contributed by atoms with E-state index in [4.69, 9.17) is 22.8 Å². The van der Waals surface area contributed by atoms with E-state index < -0.39 is 42.8 Å². The monoisotopic (exact) mass is 814 g/mol. The Morgan fingerprint density at radius 2 is 1.39 bits per heavy atom. The molecule has 6 nitrogen and oxygen atoms in total. The van der Waals surface area contributed by atoms with Gasteiger partial charge in [0.2, 0.25) is 0 Å². The van der Waals surface area contributed by atoms with Gasteiger partial charge < -0.3 is 22.8 Å². The third-order valence-electron chi connectivity index (χ3n) is 12.3. The highest BCUT2D eigenvalue weighted by molar-refractivity contribution is 6.75. The van der Waals surface area contributed by atoms with Crippen molar-refractivity contribution in [1.82, 2.24) is 0 Å². The Bertz CT molecular complexity index is 1400. The number of allylic oxidation sites excluding steroid dienone is 2. The van der Waals surface area contributed by atoms with Gasteiger partial charge in [-0.3, -0.25) is 4.79 Å². The van der Waals surface area contributed by atoms with Gasteiger partial charge >= 0.3 is 12.1 Å². The van der Waals surface area contributed by atoms with Crippen LogP contribution in [0, 0.1) is 11.8 Å². The van der Waals surface area contributed by atoms with Gasteiger partial charge in [-0.05, 0) is 104 Å². The first kappa shape index (κ1) is 48.4. The average molecular weight is 815 g/mol. The Morgan fingerprint density at radius 1 is 0.833 bits per heavy atom. The van der Waals surface area contributed by atoms with Crippen LogP contribution in [0.2, 0.25) is 54.4 Å². The molecule has 12 heteroatoms. The summed E-state index contributed by atoms with van der Waals surface area (Å²) in [5.41, 5.74) is -0.747. The first-order valence-electron chi connectivity index (χ1n) is 19.7. The van der Waals surface area contributed by atoms with Crippen LogP contribution in [0.5, 0.6) is 5.75 Å². The van der Waals surface area contributed by atoms with E-state index in [1.165, 1.54) is 13.2 Å². The predicted octanol–water partition coefficient (Wildman–Crippen LogP) is 12.7. The molecule has 1 fully saturated rings. The van der Waals surface area contributed by atoms with Crippen LogP contribution < -0.4 is 4.74 Å². The van der Waals surface area contributed by atoms with Crippen LogP contribution in [-0.4, -0.2) is 63.0 Å². The molecule has 0 aromatic heterocycles. The van der Waals surface area contributed by atoms with Crippen LogP contribution in [-0.2, 0) is 29.0 Å². The molecule has 1 aliphatic carbocycles. The second kappa shape index (κ2) is 18.7. The SMILES string of the molecule is COC(=O)CCCC=CC[C@@H]1[C@@H](C=C[C@H](COc2cccc(C(F)(F)F)c2)O[Si](C)(C)C(C)(C)C)[C@H](O[Si](C)(C)C(C)(C)C)C[C@@H]1O[Si](C)(C)C(C)(C)C. The van der Waals surface area contributed by atoms with Crippen molar-refractivity contribution >= 4 is 30.9 Å². The number of carbonyl (C=O) groups excluding carboxylic acids is 1. The van der Waals surface area contributed by atoms with Gasteiger partial charge in [-0.2, -0.15) is 13.2 Å². The molecule has 0 unspecified atom stereocenters. The number of halogens is 3. The molecular weight excluding hydrogens is 742 g/mol. The lowest BCUT2D eigenvalue weighted by Gasteiger charge is -2.40. The Hall–Kier alpha value is -1.71. The van der Waals surface area contributed by atoms with Crippen molar-refractivity contribution in [1.29, 1.82) is 0 Å². The molecule has 0 spiro atoms. The molecule has 5 atom stereocenters. The number of carbonyl (C=O) groups is 1. The summed E-state index contributed by atoms with van der Waals surface area (Å²) in [4.78, 5) is 11.7. The zero-order valence-corrected chi connectivity index (χ0v) is 39.3. The number of rotatable bonds is 17. The van der Waals surface area contributed by atoms with Crippen LogP contribution in [0.1, 0.15) is 100.0 Å². The Morgan fingerprint density at radius 3 is 1.91 bits per heavy atom. The lowest BCUT2D eigenvalue weighted by atomic mass is 9.89. The van der Waals surface area contributed by atoms with Crippen molar-refractivity contribution < 1.29 is 40.7 Å². The maximum atomic E-state index is 13.5. The number of benzene rings is 1. The smallest absolute Gasteiger partial charge is 0.416 e. The third kappa shape index (κ3) is 14.0. The van der Waals surface area contributed by atoms with Gasteiger partial charge in [-0.15, -0.1) is 0 Å². The summed E-state index contributed by atoms with van der Waals surface area (Å²) >= 11 is 0. The fourth-order valence-corrected chi connectivity index (χ4v) is 9.75. The Balaban J connectivity index is 2.62. The van der Waals surface area contributed by atoms with Gasteiger partial charge in [0.1, 0.15) is 12.4 Å². The Kier molecular flexibility index (Phi) is 16.8. The number of ether oxygens (including phenoxy) is 2. The van der Waals surface area contributed by atoms with E-state index in [2.05, 4.69) is 126 Å². The number of unbranched alkanes of at least 4 members (excludes halogenated alkanes) is 1. The first-order valence-corrected chi connectivity index (χ1v) is 28.4. The minimum Gasteiger partial charge on any atom is -0.491 e. The molecule has 1 aliphatic rings. The molecule has 54 heavy (non-hydrogen) atoms. The molecule has 0 bridgehead atoms. The number of esters is 1. The van der Waals surface area contributed by atoms with Crippen molar-refractivity contribution in [2.45, 2.75) is 173 Å². The molecule has 0 amide bonds. The van der Waals surface area contributed by atoms with E-state index in [-0.39, 0.29) is 57.5 Å². The van der Waals surface area contributed by atoms with E-state index in [1.54, 1.807) is 6.07 Å². The highest BCUT2D eigenvalue weighted by Gasteiger charge is 2.50. The molecule has 1 aromatic carbocycles. The standard InChI is InChI=1S/C42H73F3O6Si3/c1-39(2,3)52(11,12)49-33(30-48-32-23-21-22-31(28-32)42(43,44)45)26-27-35-34(24-19-17-18-20-25-38(46)47-10)36(50-53(13,14)40(4,5)6)29-37(35)51-54(15,16)41(7,8)9/h17,19,21-23,26-28,33-37H,18,20,24-25,29-30H2,1-16H3/t33-,34-,35-,36+,37-/m1/s1. The highest BCUT2D eigenvalue weighted by Crippen LogP contribution is 2.48. The van der Waals surface area contributed by atoms with Gasteiger partial charge in [-0.1, -0.05) is 92.7 Å². The summed E-state index contributed by atoms with van der Waals surface area (Å²) in [5.74, 6) is 0.0528. The van der Waals surface area contributed by atoms with E-state index in [0.717, 1.165) is 37.8 Å². The highest BCUT2D eigenvalue weighted by atomic mass is 28.4. The molecule has 0 heterocycles.